The summed E-state index contributed by atoms with van der Waals surface area (Å²) in [6.45, 7) is 4.23. The summed E-state index contributed by atoms with van der Waals surface area (Å²) in [6, 6.07) is 3.50. The number of hydrogen-bond donors (Lipinski definition) is 1. The van der Waals surface area contributed by atoms with Gasteiger partial charge in [-0.3, -0.25) is 0 Å². The van der Waals surface area contributed by atoms with Crippen LogP contribution in [-0.4, -0.2) is 17.7 Å². The van der Waals surface area contributed by atoms with E-state index >= 15 is 0 Å². The van der Waals surface area contributed by atoms with Crippen molar-refractivity contribution in [1.82, 2.24) is 0 Å². The Hall–Kier alpha value is -1.63. The summed E-state index contributed by atoms with van der Waals surface area (Å²) in [5.41, 5.74) is -0.0261. The van der Waals surface area contributed by atoms with Crippen LogP contribution in [0, 0.1) is 5.82 Å². The molecule has 0 spiro atoms. The van der Waals surface area contributed by atoms with Crippen LogP contribution in [0.25, 0.3) is 0 Å². The first-order valence-electron chi connectivity index (χ1n) is 5.73. The van der Waals surface area contributed by atoms with Gasteiger partial charge in [-0.05, 0) is 38.5 Å². The number of carbonyl (C=O) groups is 1. The van der Waals surface area contributed by atoms with Crippen LogP contribution in [0.3, 0.4) is 0 Å². The van der Waals surface area contributed by atoms with Crippen LogP contribution >= 0.6 is 0 Å². The summed E-state index contributed by atoms with van der Waals surface area (Å²) in [4.78, 5) is 11.8. The number of halogens is 4. The van der Waals surface area contributed by atoms with Crippen molar-refractivity contribution in [2.75, 3.05) is 0 Å². The van der Waals surface area contributed by atoms with Gasteiger partial charge in [0.2, 0.25) is 5.54 Å². The maximum absolute atomic E-state index is 13.2. The molecule has 0 saturated heterocycles. The lowest BCUT2D eigenvalue weighted by molar-refractivity contribution is -0.215. The van der Waals surface area contributed by atoms with Gasteiger partial charge in [-0.2, -0.15) is 13.2 Å². The molecule has 0 aliphatic heterocycles. The average molecular weight is 293 g/mol. The highest BCUT2D eigenvalue weighted by Crippen LogP contribution is 2.38. The fraction of sp³-hybridized carbons (Fsp3) is 0.462. The topological polar surface area (TPSA) is 52.3 Å². The van der Waals surface area contributed by atoms with Gasteiger partial charge in [-0.15, -0.1) is 0 Å². The van der Waals surface area contributed by atoms with Gasteiger partial charge in [0.1, 0.15) is 11.4 Å². The molecule has 0 saturated carbocycles. The summed E-state index contributed by atoms with van der Waals surface area (Å²) in [7, 11) is 0. The number of ether oxygens (including phenoxy) is 1. The summed E-state index contributed by atoms with van der Waals surface area (Å²) in [5, 5.41) is 0. The highest BCUT2D eigenvalue weighted by Gasteiger charge is 2.61. The van der Waals surface area contributed by atoms with Gasteiger partial charge in [-0.1, -0.05) is 12.1 Å². The van der Waals surface area contributed by atoms with Gasteiger partial charge in [0.05, 0.1) is 0 Å². The number of hydrogen-bond acceptors (Lipinski definition) is 3. The van der Waals surface area contributed by atoms with Crippen LogP contribution < -0.4 is 5.73 Å². The second-order valence-corrected chi connectivity index (χ2v) is 5.32. The summed E-state index contributed by atoms with van der Waals surface area (Å²) >= 11 is 0. The van der Waals surface area contributed by atoms with Gasteiger partial charge in [-0.25, -0.2) is 9.18 Å². The van der Waals surface area contributed by atoms with Crippen molar-refractivity contribution in [2.24, 2.45) is 5.73 Å². The fourth-order valence-electron chi connectivity index (χ4n) is 1.49. The molecule has 2 N–H and O–H groups in total. The molecule has 0 radical (unpaired) electrons. The van der Waals surface area contributed by atoms with Gasteiger partial charge in [0, 0.05) is 0 Å². The minimum atomic E-state index is -5.12. The lowest BCUT2D eigenvalue weighted by Gasteiger charge is -2.33. The van der Waals surface area contributed by atoms with Crippen molar-refractivity contribution >= 4 is 5.97 Å². The first-order chi connectivity index (χ1) is 8.88. The van der Waals surface area contributed by atoms with E-state index in [4.69, 9.17) is 10.5 Å². The molecule has 0 bridgehead atoms. The van der Waals surface area contributed by atoms with E-state index in [0.717, 1.165) is 18.2 Å². The third-order valence-electron chi connectivity index (χ3n) is 2.45. The Morgan fingerprint density at radius 2 is 1.75 bits per heavy atom. The minimum Gasteiger partial charge on any atom is -0.458 e. The Labute approximate surface area is 113 Å². The summed E-state index contributed by atoms with van der Waals surface area (Å²) < 4.78 is 57.4. The Morgan fingerprint density at radius 3 is 2.15 bits per heavy atom. The highest BCUT2D eigenvalue weighted by molar-refractivity contribution is 5.84. The van der Waals surface area contributed by atoms with Crippen molar-refractivity contribution in [3.8, 4) is 0 Å². The first kappa shape index (κ1) is 16.4. The van der Waals surface area contributed by atoms with E-state index in [1.54, 1.807) is 0 Å². The maximum Gasteiger partial charge on any atom is 0.421 e. The van der Waals surface area contributed by atoms with E-state index in [-0.39, 0.29) is 0 Å². The van der Waals surface area contributed by atoms with Gasteiger partial charge >= 0.3 is 12.1 Å². The van der Waals surface area contributed by atoms with Crippen molar-refractivity contribution in [2.45, 2.75) is 38.1 Å². The Balaban J connectivity index is 3.35. The van der Waals surface area contributed by atoms with E-state index in [1.165, 1.54) is 20.8 Å². The second-order valence-electron chi connectivity index (χ2n) is 5.32. The molecule has 7 heteroatoms. The zero-order valence-electron chi connectivity index (χ0n) is 11.2. The van der Waals surface area contributed by atoms with E-state index < -0.39 is 34.7 Å². The van der Waals surface area contributed by atoms with E-state index in [1.807, 2.05) is 0 Å². The Morgan fingerprint density at radius 1 is 1.20 bits per heavy atom. The van der Waals surface area contributed by atoms with Crippen LogP contribution in [-0.2, 0) is 15.1 Å². The summed E-state index contributed by atoms with van der Waals surface area (Å²) in [6.07, 6.45) is -5.12. The molecular weight excluding hydrogens is 278 g/mol. The third kappa shape index (κ3) is 3.27. The van der Waals surface area contributed by atoms with Crippen molar-refractivity contribution < 1.29 is 27.1 Å². The monoisotopic (exact) mass is 293 g/mol. The molecule has 1 atom stereocenters. The van der Waals surface area contributed by atoms with E-state index in [0.29, 0.717) is 6.07 Å². The number of esters is 1. The zero-order chi connectivity index (χ0) is 15.8. The normalized spacial score (nSPS) is 15.6. The smallest absolute Gasteiger partial charge is 0.421 e. The van der Waals surface area contributed by atoms with Gasteiger partial charge in [0.15, 0.2) is 0 Å². The molecular formula is C13H15F4NO2. The molecule has 1 rings (SSSR count). The van der Waals surface area contributed by atoms with E-state index in [2.05, 4.69) is 0 Å². The van der Waals surface area contributed by atoms with Gasteiger partial charge in [0.25, 0.3) is 0 Å². The Kier molecular flexibility index (Phi) is 4.14. The van der Waals surface area contributed by atoms with Crippen LogP contribution in [0.2, 0.25) is 0 Å². The largest absolute Gasteiger partial charge is 0.458 e. The molecule has 1 aromatic rings. The predicted molar refractivity (Wildman–Crippen MR) is 64.2 cm³/mol. The first-order valence-corrected chi connectivity index (χ1v) is 5.73. The molecule has 20 heavy (non-hydrogen) atoms. The van der Waals surface area contributed by atoms with Crippen molar-refractivity contribution in [3.63, 3.8) is 0 Å². The molecule has 0 fully saturated rings. The van der Waals surface area contributed by atoms with Crippen LogP contribution in [0.4, 0.5) is 17.6 Å². The third-order valence-corrected chi connectivity index (χ3v) is 2.45. The zero-order valence-corrected chi connectivity index (χ0v) is 11.2. The maximum atomic E-state index is 13.2. The quantitative estimate of drug-likeness (QED) is 0.674. The molecule has 1 aromatic carbocycles. The van der Waals surface area contributed by atoms with Gasteiger partial charge < -0.3 is 10.5 Å². The molecule has 3 nitrogen and oxygen atoms in total. The number of rotatable bonds is 2. The second kappa shape index (κ2) is 5.05. The Bertz CT molecular complexity index is 508. The molecule has 0 aliphatic rings. The molecule has 0 amide bonds. The van der Waals surface area contributed by atoms with Crippen molar-refractivity contribution in [1.29, 1.82) is 0 Å². The number of nitrogens with two attached hydrogens (primary N) is 1. The molecule has 0 aromatic heterocycles. The fourth-order valence-corrected chi connectivity index (χ4v) is 1.49. The SMILES string of the molecule is CC(C)(C)OC(=O)C(N)(c1cccc(F)c1)C(F)(F)F. The summed E-state index contributed by atoms with van der Waals surface area (Å²) in [5.74, 6) is -2.60. The highest BCUT2D eigenvalue weighted by atomic mass is 19.4. The molecule has 1 unspecified atom stereocenters. The van der Waals surface area contributed by atoms with Crippen LogP contribution in [0.15, 0.2) is 24.3 Å². The molecule has 112 valence electrons. The lowest BCUT2D eigenvalue weighted by atomic mass is 9.90. The minimum absolute atomic E-state index is 0.567. The lowest BCUT2D eigenvalue weighted by Crippen LogP contribution is -2.58. The average Bonchev–Trinajstić information content (AvgIpc) is 2.23. The number of alkyl halides is 3. The van der Waals surface area contributed by atoms with Crippen LogP contribution in [0.5, 0.6) is 0 Å². The predicted octanol–water partition coefficient (Wildman–Crippen LogP) is 2.88. The van der Waals surface area contributed by atoms with E-state index in [9.17, 15) is 22.4 Å². The standard InChI is InChI=1S/C13H15F4NO2/c1-11(2,3)20-10(19)12(18,13(15,16)17)8-5-4-6-9(14)7-8/h4-7H,18H2,1-3H3. The number of carbonyl (C=O) groups excluding carboxylic acids is 1. The number of benzene rings is 1. The van der Waals surface area contributed by atoms with Crippen LogP contribution in [0.1, 0.15) is 26.3 Å². The molecule has 0 heterocycles. The molecule has 0 aliphatic carbocycles. The van der Waals surface area contributed by atoms with Crippen molar-refractivity contribution in [3.05, 3.63) is 35.6 Å².